The van der Waals surface area contributed by atoms with E-state index < -0.39 is 0 Å². The fourth-order valence-electron chi connectivity index (χ4n) is 3.12. The zero-order chi connectivity index (χ0) is 16.2. The van der Waals surface area contributed by atoms with Gasteiger partial charge in [-0.2, -0.15) is 0 Å². The number of ether oxygens (including phenoxy) is 1. The van der Waals surface area contributed by atoms with Gasteiger partial charge >= 0.3 is 0 Å². The Morgan fingerprint density at radius 2 is 1.61 bits per heavy atom. The van der Waals surface area contributed by atoms with Gasteiger partial charge in [0.25, 0.3) is 0 Å². The first kappa shape index (κ1) is 15.3. The number of carbonyl (C=O) groups excluding carboxylic acids is 1. The van der Waals surface area contributed by atoms with Gasteiger partial charge in [0.1, 0.15) is 11.9 Å². The molecule has 23 heavy (non-hydrogen) atoms. The highest BCUT2D eigenvalue weighted by Crippen LogP contribution is 2.40. The van der Waals surface area contributed by atoms with Crippen LogP contribution in [0.15, 0.2) is 78.1 Å². The topological polar surface area (TPSA) is 26.3 Å². The highest BCUT2D eigenvalue weighted by molar-refractivity contribution is 5.96. The Hall–Kier alpha value is -2.61. The van der Waals surface area contributed by atoms with Crippen LogP contribution in [0.3, 0.4) is 0 Å². The molecular weight excluding hydrogens is 284 g/mol. The lowest BCUT2D eigenvalue weighted by molar-refractivity contribution is -0.113. The molecule has 0 saturated carbocycles. The Kier molecular flexibility index (Phi) is 4.42. The van der Waals surface area contributed by atoms with Gasteiger partial charge in [-0.05, 0) is 31.1 Å². The first-order valence-corrected chi connectivity index (χ1v) is 7.83. The van der Waals surface area contributed by atoms with E-state index in [2.05, 4.69) is 30.3 Å². The Morgan fingerprint density at radius 1 is 1.00 bits per heavy atom. The van der Waals surface area contributed by atoms with Crippen molar-refractivity contribution in [2.75, 3.05) is 0 Å². The standard InChI is InChI=1S/C21H20O2/c1-15(22)20-16(2)23-19(14-13-17-9-5-3-6-10-17)21(20)18-11-7-4-8-12-18/h3-14,19,21H,1-2H3/b14-13+. The molecule has 2 aromatic rings. The maximum absolute atomic E-state index is 12.1. The molecule has 116 valence electrons. The summed E-state index contributed by atoms with van der Waals surface area (Å²) in [5.74, 6) is 0.759. The first-order chi connectivity index (χ1) is 11.2. The van der Waals surface area contributed by atoms with Crippen molar-refractivity contribution in [1.82, 2.24) is 0 Å². The predicted molar refractivity (Wildman–Crippen MR) is 92.9 cm³/mol. The SMILES string of the molecule is CC(=O)C1=C(C)OC(/C=C/c2ccccc2)C1c1ccccc1. The molecule has 0 bridgehead atoms. The molecular formula is C21H20O2. The van der Waals surface area contributed by atoms with Crippen LogP contribution in [0.5, 0.6) is 0 Å². The van der Waals surface area contributed by atoms with E-state index in [1.54, 1.807) is 6.92 Å². The molecule has 0 aromatic heterocycles. The van der Waals surface area contributed by atoms with E-state index in [0.717, 1.165) is 22.5 Å². The van der Waals surface area contributed by atoms with Crippen LogP contribution in [-0.2, 0) is 9.53 Å². The van der Waals surface area contributed by atoms with Crippen molar-refractivity contribution in [3.05, 3.63) is 89.2 Å². The summed E-state index contributed by atoms with van der Waals surface area (Å²) < 4.78 is 6.00. The second kappa shape index (κ2) is 6.66. The molecule has 1 aliphatic heterocycles. The summed E-state index contributed by atoms with van der Waals surface area (Å²) in [5.41, 5.74) is 3.01. The van der Waals surface area contributed by atoms with Gasteiger partial charge in [0.15, 0.2) is 5.78 Å². The number of ketones is 1. The fourth-order valence-corrected chi connectivity index (χ4v) is 3.12. The van der Waals surface area contributed by atoms with Crippen molar-refractivity contribution in [2.24, 2.45) is 0 Å². The highest BCUT2D eigenvalue weighted by Gasteiger charge is 2.36. The van der Waals surface area contributed by atoms with E-state index in [0.29, 0.717) is 0 Å². The Labute approximate surface area is 137 Å². The number of rotatable bonds is 4. The normalized spacial score (nSPS) is 20.8. The van der Waals surface area contributed by atoms with Crippen LogP contribution in [-0.4, -0.2) is 11.9 Å². The van der Waals surface area contributed by atoms with Crippen LogP contribution in [0.2, 0.25) is 0 Å². The molecule has 0 N–H and O–H groups in total. The number of hydrogen-bond donors (Lipinski definition) is 0. The van der Waals surface area contributed by atoms with E-state index in [1.165, 1.54) is 0 Å². The zero-order valence-corrected chi connectivity index (χ0v) is 13.4. The number of carbonyl (C=O) groups is 1. The summed E-state index contributed by atoms with van der Waals surface area (Å²) in [4.78, 5) is 12.1. The highest BCUT2D eigenvalue weighted by atomic mass is 16.5. The van der Waals surface area contributed by atoms with E-state index in [-0.39, 0.29) is 17.8 Å². The molecule has 0 saturated heterocycles. The van der Waals surface area contributed by atoms with Crippen molar-refractivity contribution in [3.8, 4) is 0 Å². The summed E-state index contributed by atoms with van der Waals surface area (Å²) in [5, 5.41) is 0. The third-order valence-electron chi connectivity index (χ3n) is 4.15. The van der Waals surface area contributed by atoms with E-state index >= 15 is 0 Å². The van der Waals surface area contributed by atoms with Crippen molar-refractivity contribution in [1.29, 1.82) is 0 Å². The van der Waals surface area contributed by atoms with E-state index in [4.69, 9.17) is 4.74 Å². The lowest BCUT2D eigenvalue weighted by atomic mass is 9.85. The quantitative estimate of drug-likeness (QED) is 0.815. The fraction of sp³-hybridized carbons (Fsp3) is 0.190. The van der Waals surface area contributed by atoms with Gasteiger partial charge < -0.3 is 4.74 Å². The third-order valence-corrected chi connectivity index (χ3v) is 4.15. The molecule has 0 spiro atoms. The monoisotopic (exact) mass is 304 g/mol. The van der Waals surface area contributed by atoms with Crippen LogP contribution in [0.4, 0.5) is 0 Å². The maximum atomic E-state index is 12.1. The number of benzene rings is 2. The van der Waals surface area contributed by atoms with Gasteiger partial charge in [-0.15, -0.1) is 0 Å². The zero-order valence-electron chi connectivity index (χ0n) is 13.4. The number of hydrogen-bond acceptors (Lipinski definition) is 2. The summed E-state index contributed by atoms with van der Waals surface area (Å²) >= 11 is 0. The van der Waals surface area contributed by atoms with Crippen molar-refractivity contribution in [3.63, 3.8) is 0 Å². The molecule has 2 nitrogen and oxygen atoms in total. The van der Waals surface area contributed by atoms with Gasteiger partial charge in [-0.25, -0.2) is 0 Å². The number of Topliss-reactive ketones (excluding diaryl/α,β-unsaturated/α-hetero) is 1. The van der Waals surface area contributed by atoms with Gasteiger partial charge in [0, 0.05) is 5.57 Å². The van der Waals surface area contributed by atoms with E-state index in [1.807, 2.05) is 49.4 Å². The van der Waals surface area contributed by atoms with E-state index in [9.17, 15) is 4.79 Å². The van der Waals surface area contributed by atoms with Crippen LogP contribution in [0.1, 0.15) is 30.9 Å². The van der Waals surface area contributed by atoms with Crippen LogP contribution in [0, 0.1) is 0 Å². The largest absolute Gasteiger partial charge is 0.490 e. The Morgan fingerprint density at radius 3 is 2.22 bits per heavy atom. The minimum atomic E-state index is -0.156. The molecule has 3 rings (SSSR count). The minimum absolute atomic E-state index is 0.0475. The lowest BCUT2D eigenvalue weighted by Gasteiger charge is -2.18. The average Bonchev–Trinajstić information content (AvgIpc) is 2.91. The molecule has 2 unspecified atom stereocenters. The molecule has 0 aliphatic carbocycles. The van der Waals surface area contributed by atoms with Crippen LogP contribution in [0.25, 0.3) is 6.08 Å². The number of allylic oxidation sites excluding steroid dienone is 1. The van der Waals surface area contributed by atoms with Gasteiger partial charge in [0.2, 0.25) is 0 Å². The summed E-state index contributed by atoms with van der Waals surface area (Å²) in [6.07, 6.45) is 3.94. The second-order valence-corrected chi connectivity index (χ2v) is 5.77. The maximum Gasteiger partial charge on any atom is 0.159 e. The molecule has 2 aromatic carbocycles. The van der Waals surface area contributed by atoms with Gasteiger partial charge in [0.05, 0.1) is 5.92 Å². The molecule has 0 radical (unpaired) electrons. The predicted octanol–water partition coefficient (Wildman–Crippen LogP) is 4.75. The Balaban J connectivity index is 1.94. The van der Waals surface area contributed by atoms with Crippen LogP contribution >= 0.6 is 0 Å². The van der Waals surface area contributed by atoms with Crippen molar-refractivity contribution in [2.45, 2.75) is 25.9 Å². The average molecular weight is 304 g/mol. The molecule has 2 atom stereocenters. The molecule has 2 heteroatoms. The van der Waals surface area contributed by atoms with Gasteiger partial charge in [-0.3, -0.25) is 4.79 Å². The molecule has 0 fully saturated rings. The molecule has 1 aliphatic rings. The Bertz CT molecular complexity index is 742. The third kappa shape index (κ3) is 3.26. The second-order valence-electron chi connectivity index (χ2n) is 5.77. The minimum Gasteiger partial charge on any atom is -0.490 e. The summed E-state index contributed by atoms with van der Waals surface area (Å²) in [7, 11) is 0. The van der Waals surface area contributed by atoms with Crippen molar-refractivity contribution < 1.29 is 9.53 Å². The van der Waals surface area contributed by atoms with Crippen molar-refractivity contribution >= 4 is 11.9 Å². The summed E-state index contributed by atoms with van der Waals surface area (Å²) in [6, 6.07) is 20.2. The lowest BCUT2D eigenvalue weighted by Crippen LogP contribution is -2.17. The molecule has 1 heterocycles. The summed E-state index contributed by atoms with van der Waals surface area (Å²) in [6.45, 7) is 3.49. The van der Waals surface area contributed by atoms with Crippen LogP contribution < -0.4 is 0 Å². The smallest absolute Gasteiger partial charge is 0.159 e. The van der Waals surface area contributed by atoms with Gasteiger partial charge in [-0.1, -0.05) is 66.7 Å². The molecule has 0 amide bonds. The first-order valence-electron chi connectivity index (χ1n) is 7.83.